The smallest absolute Gasteiger partial charge is 0.269 e. The molecule has 0 spiro atoms. The first-order valence-corrected chi connectivity index (χ1v) is 9.93. The zero-order valence-electron chi connectivity index (χ0n) is 15.6. The third-order valence-electron chi connectivity index (χ3n) is 4.35. The van der Waals surface area contributed by atoms with Crippen LogP contribution in [0.2, 0.25) is 0 Å². The van der Waals surface area contributed by atoms with Crippen molar-refractivity contribution in [3.05, 3.63) is 101 Å². The Morgan fingerprint density at radius 2 is 1.83 bits per heavy atom. The number of para-hydroxylation sites is 1. The van der Waals surface area contributed by atoms with Gasteiger partial charge in [-0.15, -0.1) is 11.3 Å². The van der Waals surface area contributed by atoms with Crippen LogP contribution in [0.3, 0.4) is 0 Å². The summed E-state index contributed by atoms with van der Waals surface area (Å²) < 4.78 is 5.94. The van der Waals surface area contributed by atoms with Gasteiger partial charge >= 0.3 is 0 Å². The van der Waals surface area contributed by atoms with Crippen molar-refractivity contribution in [3.8, 4) is 5.75 Å². The van der Waals surface area contributed by atoms with Crippen molar-refractivity contribution in [1.29, 1.82) is 0 Å². The van der Waals surface area contributed by atoms with Crippen LogP contribution in [0.15, 0.2) is 84.9 Å². The van der Waals surface area contributed by atoms with Gasteiger partial charge in [-0.3, -0.25) is 20.6 Å². The number of benzene rings is 2. The second-order valence-electron chi connectivity index (χ2n) is 6.35. The minimum atomic E-state index is -0.228. The van der Waals surface area contributed by atoms with Gasteiger partial charge < -0.3 is 4.74 Å². The maximum absolute atomic E-state index is 12.3. The molecular weight excluding hydrogens is 382 g/mol. The number of carbonyl (C=O) groups is 1. The van der Waals surface area contributed by atoms with Crippen molar-refractivity contribution >= 4 is 33.8 Å². The van der Waals surface area contributed by atoms with Crippen LogP contribution in [0.4, 0.5) is 0 Å². The number of rotatable bonds is 7. The van der Waals surface area contributed by atoms with E-state index in [-0.39, 0.29) is 5.91 Å². The fourth-order valence-electron chi connectivity index (χ4n) is 2.82. The number of ether oxygens (including phenoxy) is 1. The Balaban J connectivity index is 1.35. The summed E-state index contributed by atoms with van der Waals surface area (Å²) in [6.07, 6.45) is 1.75. The van der Waals surface area contributed by atoms with Crippen LogP contribution in [-0.4, -0.2) is 10.9 Å². The first-order valence-electron chi connectivity index (χ1n) is 9.05. The van der Waals surface area contributed by atoms with E-state index in [9.17, 15) is 4.79 Å². The fraction of sp³-hybridized carbons (Fsp3) is 0.0435. The van der Waals surface area contributed by atoms with Gasteiger partial charge in [0, 0.05) is 17.1 Å². The number of thiophene rings is 1. The van der Waals surface area contributed by atoms with E-state index in [0.29, 0.717) is 17.9 Å². The topological polar surface area (TPSA) is 63.2 Å². The average Bonchev–Trinajstić information content (AvgIpc) is 3.31. The Morgan fingerprint density at radius 1 is 1.00 bits per heavy atom. The molecule has 0 saturated carbocycles. The lowest BCUT2D eigenvalue weighted by Gasteiger charge is -2.11. The molecule has 1 amide bonds. The zero-order chi connectivity index (χ0) is 20.1. The van der Waals surface area contributed by atoms with Gasteiger partial charge in [-0.25, -0.2) is 0 Å². The highest BCUT2D eigenvalue weighted by Gasteiger charge is 2.08. The van der Waals surface area contributed by atoms with E-state index in [4.69, 9.17) is 4.74 Å². The first kappa shape index (κ1) is 18.7. The minimum Gasteiger partial charge on any atom is -0.487 e. The van der Waals surface area contributed by atoms with E-state index >= 15 is 0 Å². The van der Waals surface area contributed by atoms with Crippen molar-refractivity contribution in [1.82, 2.24) is 15.8 Å². The lowest BCUT2D eigenvalue weighted by molar-refractivity contribution is 0.0942. The van der Waals surface area contributed by atoms with Crippen LogP contribution in [0.1, 0.15) is 20.8 Å². The molecule has 2 aromatic heterocycles. The molecule has 5 nitrogen and oxygen atoms in total. The highest BCUT2D eigenvalue weighted by molar-refractivity contribution is 7.11. The van der Waals surface area contributed by atoms with Gasteiger partial charge in [-0.2, -0.15) is 0 Å². The van der Waals surface area contributed by atoms with Gasteiger partial charge in [0.25, 0.3) is 5.91 Å². The number of hydrazine groups is 1. The predicted octanol–water partition coefficient (Wildman–Crippen LogP) is 4.78. The Bertz CT molecular complexity index is 1130. The summed E-state index contributed by atoms with van der Waals surface area (Å²) in [6, 6.07) is 20.9. The fourth-order valence-corrected chi connectivity index (χ4v) is 3.48. The molecule has 0 radical (unpaired) electrons. The van der Waals surface area contributed by atoms with E-state index in [1.54, 1.807) is 29.7 Å². The van der Waals surface area contributed by atoms with Gasteiger partial charge in [-0.05, 0) is 41.3 Å². The summed E-state index contributed by atoms with van der Waals surface area (Å²) in [6.45, 7) is 4.31. The summed E-state index contributed by atoms with van der Waals surface area (Å²) in [5.41, 5.74) is 8.51. The quantitative estimate of drug-likeness (QED) is 0.438. The third kappa shape index (κ3) is 4.44. The van der Waals surface area contributed by atoms with Crippen LogP contribution in [0.25, 0.3) is 16.6 Å². The highest BCUT2D eigenvalue weighted by atomic mass is 32.1. The van der Waals surface area contributed by atoms with Gasteiger partial charge in [0.05, 0.1) is 10.6 Å². The van der Waals surface area contributed by atoms with Crippen molar-refractivity contribution in [2.45, 2.75) is 6.61 Å². The van der Waals surface area contributed by atoms with E-state index < -0.39 is 0 Å². The van der Waals surface area contributed by atoms with E-state index in [0.717, 1.165) is 27.1 Å². The molecule has 29 heavy (non-hydrogen) atoms. The van der Waals surface area contributed by atoms with Crippen molar-refractivity contribution < 1.29 is 9.53 Å². The molecule has 2 heterocycles. The average molecular weight is 401 g/mol. The normalized spacial score (nSPS) is 10.5. The Morgan fingerprint density at radius 3 is 2.62 bits per heavy atom. The van der Waals surface area contributed by atoms with Gasteiger partial charge in [0.2, 0.25) is 0 Å². The van der Waals surface area contributed by atoms with Crippen molar-refractivity contribution in [2.24, 2.45) is 0 Å². The van der Waals surface area contributed by atoms with Gasteiger partial charge in [-0.1, -0.05) is 43.0 Å². The van der Waals surface area contributed by atoms with E-state index in [1.807, 2.05) is 60.0 Å². The third-order valence-corrected chi connectivity index (χ3v) is 5.28. The minimum absolute atomic E-state index is 0.228. The standard InChI is InChI=1S/C23H19N3O2S/c1-16(21-8-4-14-29-21)25-26-23(27)19-11-9-17(10-12-19)15-28-20-7-2-5-18-6-3-13-24-22(18)20/h2-14,25H,1,15H2,(H,26,27). The van der Waals surface area contributed by atoms with Crippen LogP contribution in [-0.2, 0) is 6.61 Å². The number of nitrogens with zero attached hydrogens (tertiary/aromatic N) is 1. The molecule has 0 unspecified atom stereocenters. The number of aromatic nitrogens is 1. The molecule has 6 heteroatoms. The summed E-state index contributed by atoms with van der Waals surface area (Å²) in [5, 5.41) is 2.99. The van der Waals surface area contributed by atoms with E-state index in [1.165, 1.54) is 0 Å². The zero-order valence-corrected chi connectivity index (χ0v) is 16.4. The van der Waals surface area contributed by atoms with Gasteiger partial charge in [0.15, 0.2) is 0 Å². The van der Waals surface area contributed by atoms with Crippen LogP contribution in [0.5, 0.6) is 5.75 Å². The molecule has 2 aromatic carbocycles. The molecule has 2 N–H and O–H groups in total. The summed E-state index contributed by atoms with van der Waals surface area (Å²) in [4.78, 5) is 17.7. The second-order valence-corrected chi connectivity index (χ2v) is 7.30. The Hall–Kier alpha value is -3.64. The summed E-state index contributed by atoms with van der Waals surface area (Å²) in [7, 11) is 0. The second kappa shape index (κ2) is 8.58. The Kier molecular flexibility index (Phi) is 5.54. The number of pyridine rings is 1. The molecule has 0 aliphatic carbocycles. The molecular formula is C23H19N3O2S. The molecule has 0 aliphatic rings. The lowest BCUT2D eigenvalue weighted by Crippen LogP contribution is -2.35. The Labute approximate surface area is 172 Å². The monoisotopic (exact) mass is 401 g/mol. The van der Waals surface area contributed by atoms with Crippen molar-refractivity contribution in [3.63, 3.8) is 0 Å². The maximum atomic E-state index is 12.3. The molecule has 0 saturated heterocycles. The molecule has 0 aliphatic heterocycles. The SMILES string of the molecule is C=C(NNC(=O)c1ccc(COc2cccc3cccnc23)cc1)c1cccs1. The molecule has 0 fully saturated rings. The lowest BCUT2D eigenvalue weighted by atomic mass is 10.1. The van der Waals surface area contributed by atoms with Crippen LogP contribution >= 0.6 is 11.3 Å². The van der Waals surface area contributed by atoms with Crippen LogP contribution in [0, 0.1) is 0 Å². The van der Waals surface area contributed by atoms with Crippen molar-refractivity contribution in [2.75, 3.05) is 0 Å². The largest absolute Gasteiger partial charge is 0.487 e. The molecule has 4 rings (SSSR count). The molecule has 0 bridgehead atoms. The number of fused-ring (bicyclic) bond motifs is 1. The number of nitrogens with one attached hydrogen (secondary N) is 2. The predicted molar refractivity (Wildman–Crippen MR) is 116 cm³/mol. The van der Waals surface area contributed by atoms with Gasteiger partial charge in [0.1, 0.15) is 17.9 Å². The maximum Gasteiger partial charge on any atom is 0.269 e. The number of hydrogen-bond donors (Lipinski definition) is 2. The number of hydrogen-bond acceptors (Lipinski definition) is 5. The summed E-state index contributed by atoms with van der Waals surface area (Å²) in [5.74, 6) is 0.509. The molecule has 0 atom stereocenters. The van der Waals surface area contributed by atoms with E-state index in [2.05, 4.69) is 22.4 Å². The molecule has 4 aromatic rings. The summed E-state index contributed by atoms with van der Waals surface area (Å²) >= 11 is 1.55. The number of amides is 1. The first-order chi connectivity index (χ1) is 14.2. The highest BCUT2D eigenvalue weighted by Crippen LogP contribution is 2.24. The van der Waals surface area contributed by atoms with Crippen LogP contribution < -0.4 is 15.6 Å². The molecule has 144 valence electrons. The number of carbonyl (C=O) groups excluding carboxylic acids is 1.